The number of anilines is 2. The molecule has 10 heteroatoms. The van der Waals surface area contributed by atoms with E-state index in [1.807, 2.05) is 12.1 Å². The Kier molecular flexibility index (Phi) is 9.19. The molecule has 0 aliphatic carbocycles. The quantitative estimate of drug-likeness (QED) is 0.329. The first-order valence-corrected chi connectivity index (χ1v) is 11.5. The molecule has 6 nitrogen and oxygen atoms in total. The zero-order chi connectivity index (χ0) is 21.6. The number of morpholine rings is 1. The van der Waals surface area contributed by atoms with Gasteiger partial charge in [0, 0.05) is 23.5 Å². The monoisotopic (exact) mass is 498 g/mol. The average molecular weight is 499 g/mol. The van der Waals surface area contributed by atoms with Gasteiger partial charge in [0.15, 0.2) is 0 Å². The van der Waals surface area contributed by atoms with Crippen LogP contribution in [0.5, 0.6) is 5.75 Å². The first-order valence-electron chi connectivity index (χ1n) is 10.1. The Bertz CT molecular complexity index is 1050. The minimum Gasteiger partial charge on any atom is -0.496 e. The van der Waals surface area contributed by atoms with E-state index in [2.05, 4.69) is 20.2 Å². The second-order valence-corrected chi connectivity index (χ2v) is 8.72. The molecule has 0 saturated carbocycles. The highest BCUT2D eigenvalue weighted by Crippen LogP contribution is 2.36. The lowest BCUT2D eigenvalue weighted by Crippen LogP contribution is -2.36. The van der Waals surface area contributed by atoms with E-state index in [0.717, 1.165) is 66.6 Å². The fourth-order valence-corrected chi connectivity index (χ4v) is 4.58. The van der Waals surface area contributed by atoms with Crippen LogP contribution in [0.2, 0.25) is 5.02 Å². The highest BCUT2D eigenvalue weighted by Gasteiger charge is 2.14. The van der Waals surface area contributed by atoms with Gasteiger partial charge in [-0.25, -0.2) is 14.4 Å². The lowest BCUT2D eigenvalue weighted by molar-refractivity contribution is 0.0381. The van der Waals surface area contributed by atoms with Crippen molar-refractivity contribution in [1.82, 2.24) is 14.9 Å². The Morgan fingerprint density at radius 1 is 1.22 bits per heavy atom. The SMILES string of the molecule is COc1cc2c(Nc3ccc(Cl)cc3F)ncnc2cc1SCCCN1CCOCC1.Cl. The second-order valence-electron chi connectivity index (χ2n) is 7.15. The van der Waals surface area contributed by atoms with Crippen LogP contribution in [0.1, 0.15) is 6.42 Å². The third-order valence-electron chi connectivity index (χ3n) is 5.08. The van der Waals surface area contributed by atoms with Crippen LogP contribution < -0.4 is 10.1 Å². The number of halogens is 3. The minimum absolute atomic E-state index is 0. The maximum Gasteiger partial charge on any atom is 0.148 e. The molecule has 1 saturated heterocycles. The number of methoxy groups -OCH3 is 1. The molecular weight excluding hydrogens is 474 g/mol. The van der Waals surface area contributed by atoms with Crippen molar-refractivity contribution < 1.29 is 13.9 Å². The van der Waals surface area contributed by atoms with Gasteiger partial charge in [0.25, 0.3) is 0 Å². The Morgan fingerprint density at radius 3 is 2.78 bits per heavy atom. The second kappa shape index (κ2) is 11.9. The lowest BCUT2D eigenvalue weighted by Gasteiger charge is -2.26. The van der Waals surface area contributed by atoms with E-state index in [-0.39, 0.29) is 12.4 Å². The molecule has 2 aromatic carbocycles. The Morgan fingerprint density at radius 2 is 2.03 bits per heavy atom. The summed E-state index contributed by atoms with van der Waals surface area (Å²) in [6.07, 6.45) is 2.55. The summed E-state index contributed by atoms with van der Waals surface area (Å²) in [5, 5.41) is 4.14. The number of aromatic nitrogens is 2. The van der Waals surface area contributed by atoms with Gasteiger partial charge in [0.1, 0.15) is 23.7 Å². The molecule has 0 atom stereocenters. The number of rotatable bonds is 8. The normalized spacial score (nSPS) is 14.2. The Labute approximate surface area is 202 Å². The van der Waals surface area contributed by atoms with Crippen molar-refractivity contribution in [2.75, 3.05) is 51.0 Å². The van der Waals surface area contributed by atoms with Gasteiger partial charge in [-0.05, 0) is 49.1 Å². The summed E-state index contributed by atoms with van der Waals surface area (Å²) in [5.74, 6) is 1.79. The minimum atomic E-state index is -0.446. The van der Waals surface area contributed by atoms with Crippen LogP contribution in [-0.2, 0) is 4.74 Å². The molecule has 0 bridgehead atoms. The van der Waals surface area contributed by atoms with Gasteiger partial charge in [0.2, 0.25) is 0 Å². The summed E-state index contributed by atoms with van der Waals surface area (Å²) in [6, 6.07) is 8.37. The van der Waals surface area contributed by atoms with E-state index in [0.29, 0.717) is 16.5 Å². The predicted molar refractivity (Wildman–Crippen MR) is 131 cm³/mol. The number of nitrogens with zero attached hydrogens (tertiary/aromatic N) is 3. The molecule has 1 aliphatic heterocycles. The fourth-order valence-electron chi connectivity index (χ4n) is 3.45. The van der Waals surface area contributed by atoms with Crippen LogP contribution >= 0.6 is 35.8 Å². The van der Waals surface area contributed by atoms with Crippen LogP contribution in [0.25, 0.3) is 10.9 Å². The van der Waals surface area contributed by atoms with E-state index >= 15 is 0 Å². The van der Waals surface area contributed by atoms with Crippen molar-refractivity contribution in [2.24, 2.45) is 0 Å². The molecule has 32 heavy (non-hydrogen) atoms. The van der Waals surface area contributed by atoms with Crippen LogP contribution in [0, 0.1) is 5.82 Å². The molecule has 1 aromatic heterocycles. The zero-order valence-electron chi connectivity index (χ0n) is 17.6. The molecular formula is C22H25Cl2FN4O2S. The van der Waals surface area contributed by atoms with E-state index < -0.39 is 5.82 Å². The van der Waals surface area contributed by atoms with Crippen LogP contribution in [0.4, 0.5) is 15.9 Å². The zero-order valence-corrected chi connectivity index (χ0v) is 20.0. The topological polar surface area (TPSA) is 59.5 Å². The van der Waals surface area contributed by atoms with Gasteiger partial charge in [0.05, 0.1) is 36.4 Å². The van der Waals surface area contributed by atoms with Crippen molar-refractivity contribution in [3.63, 3.8) is 0 Å². The molecule has 0 unspecified atom stereocenters. The Hall–Kier alpha value is -1.84. The summed E-state index contributed by atoms with van der Waals surface area (Å²) < 4.78 is 25.2. The molecule has 2 heterocycles. The summed E-state index contributed by atoms with van der Waals surface area (Å²) in [6.45, 7) is 4.72. The van der Waals surface area contributed by atoms with Crippen molar-refractivity contribution in [3.05, 3.63) is 47.5 Å². The molecule has 4 rings (SSSR count). The molecule has 0 spiro atoms. The number of thioether (sulfide) groups is 1. The molecule has 0 radical (unpaired) electrons. The summed E-state index contributed by atoms with van der Waals surface area (Å²) >= 11 is 7.60. The molecule has 1 aliphatic rings. The van der Waals surface area contributed by atoms with Gasteiger partial charge in [-0.15, -0.1) is 24.2 Å². The molecule has 1 fully saturated rings. The van der Waals surface area contributed by atoms with E-state index in [4.69, 9.17) is 21.1 Å². The van der Waals surface area contributed by atoms with Gasteiger partial charge >= 0.3 is 0 Å². The van der Waals surface area contributed by atoms with Crippen molar-refractivity contribution >= 4 is 58.2 Å². The third-order valence-corrected chi connectivity index (χ3v) is 6.44. The summed E-state index contributed by atoms with van der Waals surface area (Å²) in [7, 11) is 1.65. The van der Waals surface area contributed by atoms with Crippen LogP contribution in [0.15, 0.2) is 41.6 Å². The number of nitrogens with one attached hydrogen (secondary N) is 1. The fraction of sp³-hybridized carbons (Fsp3) is 0.364. The van der Waals surface area contributed by atoms with Gasteiger partial charge in [-0.2, -0.15) is 0 Å². The molecule has 1 N–H and O–H groups in total. The Balaban J connectivity index is 0.00000289. The number of fused-ring (bicyclic) bond motifs is 1. The molecule has 3 aromatic rings. The summed E-state index contributed by atoms with van der Waals surface area (Å²) in [5.41, 5.74) is 1.06. The summed E-state index contributed by atoms with van der Waals surface area (Å²) in [4.78, 5) is 12.2. The van der Waals surface area contributed by atoms with Gasteiger partial charge in [-0.1, -0.05) is 11.6 Å². The van der Waals surface area contributed by atoms with Gasteiger partial charge in [-0.3, -0.25) is 4.90 Å². The third kappa shape index (κ3) is 6.14. The van der Waals surface area contributed by atoms with Crippen LogP contribution in [-0.4, -0.2) is 60.6 Å². The maximum absolute atomic E-state index is 14.2. The van der Waals surface area contributed by atoms with Gasteiger partial charge < -0.3 is 14.8 Å². The molecule has 172 valence electrons. The highest BCUT2D eigenvalue weighted by molar-refractivity contribution is 7.99. The number of ether oxygens (including phenoxy) is 2. The maximum atomic E-state index is 14.2. The number of benzene rings is 2. The average Bonchev–Trinajstić information content (AvgIpc) is 2.79. The van der Waals surface area contributed by atoms with Crippen molar-refractivity contribution in [1.29, 1.82) is 0 Å². The number of hydrogen-bond acceptors (Lipinski definition) is 7. The predicted octanol–water partition coefficient (Wildman–Crippen LogP) is 5.41. The van der Waals surface area contributed by atoms with E-state index in [9.17, 15) is 4.39 Å². The first kappa shape index (κ1) is 24.8. The van der Waals surface area contributed by atoms with Crippen molar-refractivity contribution in [2.45, 2.75) is 11.3 Å². The van der Waals surface area contributed by atoms with E-state index in [1.165, 1.54) is 12.4 Å². The van der Waals surface area contributed by atoms with Crippen molar-refractivity contribution in [3.8, 4) is 5.75 Å². The lowest BCUT2D eigenvalue weighted by atomic mass is 10.2. The highest BCUT2D eigenvalue weighted by atomic mass is 35.5. The van der Waals surface area contributed by atoms with Crippen LogP contribution in [0.3, 0.4) is 0 Å². The molecule has 0 amide bonds. The number of hydrogen-bond donors (Lipinski definition) is 1. The first-order chi connectivity index (χ1) is 15.1. The standard InChI is InChI=1S/C22H24ClFN4O2S.ClH/c1-29-20-12-16-19(13-21(20)31-10-2-5-28-6-8-30-9-7-28)25-14-26-22(16)27-18-4-3-15(23)11-17(18)24;/h3-4,11-14H,2,5-10H2,1H3,(H,25,26,27);1H. The van der Waals surface area contributed by atoms with E-state index in [1.54, 1.807) is 31.0 Å². The smallest absolute Gasteiger partial charge is 0.148 e. The largest absolute Gasteiger partial charge is 0.496 e.